The second-order valence-electron chi connectivity index (χ2n) is 7.49. The summed E-state index contributed by atoms with van der Waals surface area (Å²) in [4.78, 5) is 15.9. The molecule has 0 amide bonds. The van der Waals surface area contributed by atoms with E-state index in [-0.39, 0.29) is 17.9 Å². The van der Waals surface area contributed by atoms with Gasteiger partial charge in [0, 0.05) is 16.6 Å². The fourth-order valence-electron chi connectivity index (χ4n) is 4.77. The monoisotopic (exact) mass is 356 g/mol. The molecule has 140 valence electrons. The lowest BCUT2D eigenvalue weighted by molar-refractivity contribution is -0.149. The molecule has 26 heavy (non-hydrogen) atoms. The Balaban J connectivity index is 1.62. The van der Waals surface area contributed by atoms with Crippen molar-refractivity contribution in [1.82, 2.24) is 10.3 Å². The number of benzene rings is 1. The molecule has 5 nitrogen and oxygen atoms in total. The summed E-state index contributed by atoms with van der Waals surface area (Å²) >= 11 is 0. The Morgan fingerprint density at radius 1 is 1.31 bits per heavy atom. The van der Waals surface area contributed by atoms with E-state index in [1.807, 2.05) is 13.0 Å². The van der Waals surface area contributed by atoms with Gasteiger partial charge >= 0.3 is 5.97 Å². The molecule has 1 fully saturated rings. The SMILES string of the molecule is CCOC(=O)C1CCCC(C2NCCc3c2[nH]c2ccc(OC)cc32)C1. The van der Waals surface area contributed by atoms with Crippen LogP contribution < -0.4 is 10.1 Å². The van der Waals surface area contributed by atoms with Crippen LogP contribution in [-0.2, 0) is 16.0 Å². The van der Waals surface area contributed by atoms with Crippen molar-refractivity contribution in [2.24, 2.45) is 11.8 Å². The van der Waals surface area contributed by atoms with Crippen molar-refractivity contribution in [2.75, 3.05) is 20.3 Å². The van der Waals surface area contributed by atoms with Crippen LogP contribution in [0.1, 0.15) is 49.9 Å². The van der Waals surface area contributed by atoms with Crippen LogP contribution in [0.3, 0.4) is 0 Å². The van der Waals surface area contributed by atoms with Gasteiger partial charge in [0.15, 0.2) is 0 Å². The lowest BCUT2D eigenvalue weighted by Crippen LogP contribution is -2.38. The highest BCUT2D eigenvalue weighted by atomic mass is 16.5. The first kappa shape index (κ1) is 17.4. The van der Waals surface area contributed by atoms with E-state index in [0.717, 1.165) is 44.4 Å². The third kappa shape index (κ3) is 3.09. The van der Waals surface area contributed by atoms with E-state index in [1.54, 1.807) is 7.11 Å². The summed E-state index contributed by atoms with van der Waals surface area (Å²) in [5.41, 5.74) is 3.87. The van der Waals surface area contributed by atoms with Crippen LogP contribution in [0.25, 0.3) is 10.9 Å². The van der Waals surface area contributed by atoms with Gasteiger partial charge in [-0.25, -0.2) is 0 Å². The number of nitrogens with one attached hydrogen (secondary N) is 2. The fraction of sp³-hybridized carbons (Fsp3) is 0.571. The van der Waals surface area contributed by atoms with E-state index in [2.05, 4.69) is 22.4 Å². The molecule has 0 spiro atoms. The molecule has 0 bridgehead atoms. The first-order valence-electron chi connectivity index (χ1n) is 9.79. The number of hydrogen-bond donors (Lipinski definition) is 2. The zero-order valence-electron chi connectivity index (χ0n) is 15.6. The van der Waals surface area contributed by atoms with Crippen molar-refractivity contribution in [3.63, 3.8) is 0 Å². The number of carbonyl (C=O) groups excluding carboxylic acids is 1. The second-order valence-corrected chi connectivity index (χ2v) is 7.49. The Labute approximate surface area is 154 Å². The summed E-state index contributed by atoms with van der Waals surface area (Å²) in [6.07, 6.45) is 5.14. The first-order chi connectivity index (χ1) is 12.7. The van der Waals surface area contributed by atoms with Crippen molar-refractivity contribution in [3.8, 4) is 5.75 Å². The molecule has 2 aromatic rings. The number of aromatic nitrogens is 1. The van der Waals surface area contributed by atoms with Gasteiger partial charge in [-0.15, -0.1) is 0 Å². The van der Waals surface area contributed by atoms with E-state index in [4.69, 9.17) is 9.47 Å². The van der Waals surface area contributed by atoms with Gasteiger partial charge in [-0.3, -0.25) is 4.79 Å². The largest absolute Gasteiger partial charge is 0.497 e. The number of fused-ring (bicyclic) bond motifs is 3. The van der Waals surface area contributed by atoms with Crippen molar-refractivity contribution >= 4 is 16.9 Å². The maximum atomic E-state index is 12.2. The molecule has 5 heteroatoms. The molecule has 2 aliphatic rings. The molecule has 1 aromatic carbocycles. The number of aromatic amines is 1. The minimum Gasteiger partial charge on any atom is -0.497 e. The molecule has 1 aromatic heterocycles. The molecule has 0 radical (unpaired) electrons. The van der Waals surface area contributed by atoms with Crippen LogP contribution in [0.2, 0.25) is 0 Å². The summed E-state index contributed by atoms with van der Waals surface area (Å²) in [7, 11) is 1.71. The summed E-state index contributed by atoms with van der Waals surface area (Å²) in [6, 6.07) is 6.53. The third-order valence-electron chi connectivity index (χ3n) is 6.00. The predicted molar refractivity (Wildman–Crippen MR) is 101 cm³/mol. The van der Waals surface area contributed by atoms with Crippen molar-refractivity contribution in [3.05, 3.63) is 29.5 Å². The number of ether oxygens (including phenoxy) is 2. The smallest absolute Gasteiger partial charge is 0.308 e. The van der Waals surface area contributed by atoms with Crippen molar-refractivity contribution < 1.29 is 14.3 Å². The van der Waals surface area contributed by atoms with Crippen molar-refractivity contribution in [1.29, 1.82) is 0 Å². The van der Waals surface area contributed by atoms with Gasteiger partial charge in [0.05, 0.1) is 25.7 Å². The van der Waals surface area contributed by atoms with Gasteiger partial charge in [0.2, 0.25) is 0 Å². The summed E-state index contributed by atoms with van der Waals surface area (Å²) in [6.45, 7) is 3.32. The zero-order valence-corrected chi connectivity index (χ0v) is 15.6. The molecule has 4 rings (SSSR count). The fourth-order valence-corrected chi connectivity index (χ4v) is 4.77. The molecular formula is C21H28N2O3. The number of methoxy groups -OCH3 is 1. The lowest BCUT2D eigenvalue weighted by Gasteiger charge is -2.36. The molecule has 2 N–H and O–H groups in total. The number of esters is 1. The molecule has 3 atom stereocenters. The van der Waals surface area contributed by atoms with E-state index >= 15 is 0 Å². The average Bonchev–Trinajstić information content (AvgIpc) is 3.06. The van der Waals surface area contributed by atoms with Crippen LogP contribution in [-0.4, -0.2) is 31.2 Å². The third-order valence-corrected chi connectivity index (χ3v) is 6.00. The first-order valence-corrected chi connectivity index (χ1v) is 9.79. The van der Waals surface area contributed by atoms with Gasteiger partial charge in [-0.1, -0.05) is 6.42 Å². The highest BCUT2D eigenvalue weighted by Crippen LogP contribution is 2.41. The molecule has 2 heterocycles. The van der Waals surface area contributed by atoms with Crippen molar-refractivity contribution in [2.45, 2.75) is 45.1 Å². The number of hydrogen-bond acceptors (Lipinski definition) is 4. The van der Waals surface area contributed by atoms with Gasteiger partial charge in [0.25, 0.3) is 0 Å². The van der Waals surface area contributed by atoms with Gasteiger partial charge in [-0.2, -0.15) is 0 Å². The maximum absolute atomic E-state index is 12.2. The Bertz CT molecular complexity index is 798. The molecular weight excluding hydrogens is 328 g/mol. The molecule has 1 saturated carbocycles. The van der Waals surface area contributed by atoms with Crippen LogP contribution in [0.15, 0.2) is 18.2 Å². The van der Waals surface area contributed by atoms with Gasteiger partial charge in [-0.05, 0) is 68.8 Å². The van der Waals surface area contributed by atoms with E-state index in [0.29, 0.717) is 12.5 Å². The quantitative estimate of drug-likeness (QED) is 0.820. The number of rotatable bonds is 4. The number of H-pyrrole nitrogens is 1. The summed E-state index contributed by atoms with van der Waals surface area (Å²) in [5.74, 6) is 1.39. The molecule has 3 unspecified atom stereocenters. The van der Waals surface area contributed by atoms with E-state index in [9.17, 15) is 4.79 Å². The molecule has 0 saturated heterocycles. The zero-order chi connectivity index (χ0) is 18.1. The topological polar surface area (TPSA) is 63.3 Å². The Morgan fingerprint density at radius 3 is 3.00 bits per heavy atom. The molecule has 1 aliphatic carbocycles. The minimum absolute atomic E-state index is 0.0189. The van der Waals surface area contributed by atoms with Crippen LogP contribution in [0.4, 0.5) is 0 Å². The van der Waals surface area contributed by atoms with Crippen LogP contribution in [0.5, 0.6) is 5.75 Å². The highest BCUT2D eigenvalue weighted by molar-refractivity contribution is 5.86. The van der Waals surface area contributed by atoms with Gasteiger partial charge in [0.1, 0.15) is 5.75 Å². The summed E-state index contributed by atoms with van der Waals surface area (Å²) in [5, 5.41) is 4.98. The minimum atomic E-state index is -0.0189. The standard InChI is InChI=1S/C21H28N2O3/c1-3-26-21(24)14-6-4-5-13(11-14)19-20-16(9-10-22-19)17-12-15(25-2)7-8-18(17)23-20/h7-8,12-14,19,22-23H,3-6,9-11H2,1-2H3. The Morgan fingerprint density at radius 2 is 2.19 bits per heavy atom. The van der Waals surface area contributed by atoms with Crippen LogP contribution in [0, 0.1) is 11.8 Å². The van der Waals surface area contributed by atoms with Crippen LogP contribution >= 0.6 is 0 Å². The maximum Gasteiger partial charge on any atom is 0.308 e. The Hall–Kier alpha value is -2.01. The van der Waals surface area contributed by atoms with Gasteiger partial charge < -0.3 is 19.8 Å². The van der Waals surface area contributed by atoms with E-state index < -0.39 is 0 Å². The second kappa shape index (κ2) is 7.31. The molecule has 1 aliphatic heterocycles. The predicted octanol–water partition coefficient (Wildman–Crippen LogP) is 3.73. The average molecular weight is 356 g/mol. The summed E-state index contributed by atoms with van der Waals surface area (Å²) < 4.78 is 10.7. The lowest BCUT2D eigenvalue weighted by atomic mass is 9.75. The normalized spacial score (nSPS) is 25.7. The van der Waals surface area contributed by atoms with E-state index in [1.165, 1.54) is 22.2 Å². The number of carbonyl (C=O) groups is 1. The Kier molecular flexibility index (Phi) is 4.90. The highest BCUT2D eigenvalue weighted by Gasteiger charge is 2.36.